The molecule has 2 aromatic heterocycles. The molecule has 0 bridgehead atoms. The monoisotopic (exact) mass is 427 g/mol. The van der Waals surface area contributed by atoms with Gasteiger partial charge in [0.1, 0.15) is 5.82 Å². The van der Waals surface area contributed by atoms with E-state index in [-0.39, 0.29) is 12.1 Å². The molecule has 0 radical (unpaired) electrons. The van der Waals surface area contributed by atoms with Gasteiger partial charge >= 0.3 is 12.2 Å². The second-order valence-electron chi connectivity index (χ2n) is 7.22. The zero-order valence-electron chi connectivity index (χ0n) is 16.6. The van der Waals surface area contributed by atoms with Crippen molar-refractivity contribution in [2.45, 2.75) is 25.6 Å². The predicted molar refractivity (Wildman–Crippen MR) is 113 cm³/mol. The van der Waals surface area contributed by atoms with Crippen LogP contribution in [0.2, 0.25) is 0 Å². The van der Waals surface area contributed by atoms with Gasteiger partial charge in [-0.05, 0) is 49.7 Å². The topological polar surface area (TPSA) is 70.2 Å². The van der Waals surface area contributed by atoms with Crippen LogP contribution in [0, 0.1) is 0 Å². The molecule has 3 aromatic rings. The Bertz CT molecular complexity index is 1070. The van der Waals surface area contributed by atoms with E-state index in [1.807, 2.05) is 6.92 Å². The van der Waals surface area contributed by atoms with Crippen molar-refractivity contribution < 1.29 is 18.0 Å². The number of alkyl halides is 3. The molecule has 9 heteroatoms. The van der Waals surface area contributed by atoms with E-state index in [2.05, 4.69) is 20.6 Å². The van der Waals surface area contributed by atoms with Crippen LogP contribution < -0.4 is 15.5 Å². The third-order valence-electron chi connectivity index (χ3n) is 5.05. The molecule has 2 amide bonds. The molecule has 0 saturated heterocycles. The Balaban J connectivity index is 1.69. The van der Waals surface area contributed by atoms with Crippen LogP contribution in [0.15, 0.2) is 60.8 Å². The van der Waals surface area contributed by atoms with Crippen molar-refractivity contribution in [2.75, 3.05) is 22.1 Å². The molecule has 2 N–H and O–H groups in total. The minimum atomic E-state index is -4.40. The van der Waals surface area contributed by atoms with Crippen LogP contribution in [0.5, 0.6) is 0 Å². The van der Waals surface area contributed by atoms with E-state index >= 15 is 0 Å². The van der Waals surface area contributed by atoms with E-state index in [1.54, 1.807) is 41.4 Å². The van der Waals surface area contributed by atoms with E-state index in [0.29, 0.717) is 41.5 Å². The number of anilines is 3. The predicted octanol–water partition coefficient (Wildman–Crippen LogP) is 5.41. The van der Waals surface area contributed by atoms with Gasteiger partial charge in [-0.1, -0.05) is 18.2 Å². The number of halogens is 3. The van der Waals surface area contributed by atoms with Gasteiger partial charge in [0.15, 0.2) is 5.82 Å². The van der Waals surface area contributed by atoms with Crippen LogP contribution in [-0.2, 0) is 6.18 Å². The van der Waals surface area contributed by atoms with Crippen molar-refractivity contribution in [3.8, 4) is 11.3 Å². The number of fused-ring (bicyclic) bond motifs is 1. The van der Waals surface area contributed by atoms with E-state index in [4.69, 9.17) is 0 Å². The average Bonchev–Trinajstić information content (AvgIpc) is 2.91. The fourth-order valence-electron chi connectivity index (χ4n) is 3.42. The van der Waals surface area contributed by atoms with E-state index in [9.17, 15) is 18.0 Å². The fourth-order valence-corrected chi connectivity index (χ4v) is 3.42. The molecular formula is C22H20F3N5O. The van der Waals surface area contributed by atoms with Gasteiger partial charge in [-0.3, -0.25) is 10.2 Å². The summed E-state index contributed by atoms with van der Waals surface area (Å²) in [6, 6.07) is 13.0. The van der Waals surface area contributed by atoms with Crippen molar-refractivity contribution in [3.05, 3.63) is 66.4 Å². The molecule has 1 aliphatic heterocycles. The van der Waals surface area contributed by atoms with Crippen molar-refractivity contribution in [3.63, 3.8) is 0 Å². The number of urea groups is 1. The normalized spacial score (nSPS) is 16.1. The highest BCUT2D eigenvalue weighted by molar-refractivity contribution is 6.03. The number of carbonyl (C=O) groups excluding carboxylic acids is 1. The SMILES string of the molecule is C[C@@H]1CCNc2ccc(-c3ccc(C(F)(F)F)cc3)nc2N1C(=O)Nc1ccccn1. The van der Waals surface area contributed by atoms with Gasteiger partial charge < -0.3 is 5.32 Å². The Morgan fingerprint density at radius 2 is 1.90 bits per heavy atom. The first-order chi connectivity index (χ1) is 14.8. The number of benzene rings is 1. The first-order valence-corrected chi connectivity index (χ1v) is 9.77. The molecular weight excluding hydrogens is 407 g/mol. The summed E-state index contributed by atoms with van der Waals surface area (Å²) in [5.41, 5.74) is 0.950. The smallest absolute Gasteiger partial charge is 0.382 e. The second kappa shape index (κ2) is 8.25. The quantitative estimate of drug-likeness (QED) is 0.574. The average molecular weight is 427 g/mol. The number of nitrogens with zero attached hydrogens (tertiary/aromatic N) is 3. The highest BCUT2D eigenvalue weighted by Gasteiger charge is 2.31. The lowest BCUT2D eigenvalue weighted by molar-refractivity contribution is -0.137. The lowest BCUT2D eigenvalue weighted by atomic mass is 10.1. The maximum atomic E-state index is 13.1. The molecule has 0 aliphatic carbocycles. The third kappa shape index (κ3) is 4.45. The van der Waals surface area contributed by atoms with Crippen LogP contribution in [-0.4, -0.2) is 28.6 Å². The van der Waals surface area contributed by atoms with Crippen LogP contribution in [0.4, 0.5) is 35.3 Å². The third-order valence-corrected chi connectivity index (χ3v) is 5.05. The van der Waals surface area contributed by atoms with E-state index in [1.165, 1.54) is 12.1 Å². The van der Waals surface area contributed by atoms with E-state index < -0.39 is 11.7 Å². The van der Waals surface area contributed by atoms with Crippen molar-refractivity contribution in [1.29, 1.82) is 0 Å². The Morgan fingerprint density at radius 1 is 1.13 bits per heavy atom. The van der Waals surface area contributed by atoms with Crippen LogP contribution in [0.1, 0.15) is 18.9 Å². The first kappa shape index (κ1) is 20.6. The number of nitrogens with one attached hydrogen (secondary N) is 2. The lowest BCUT2D eigenvalue weighted by Gasteiger charge is -2.27. The van der Waals surface area contributed by atoms with Crippen LogP contribution >= 0.6 is 0 Å². The molecule has 0 fully saturated rings. The Hall–Kier alpha value is -3.62. The number of rotatable bonds is 2. The minimum Gasteiger partial charge on any atom is -0.382 e. The lowest BCUT2D eigenvalue weighted by Crippen LogP contribution is -2.42. The summed E-state index contributed by atoms with van der Waals surface area (Å²) in [5, 5.41) is 6.04. The molecule has 160 valence electrons. The molecule has 1 aromatic carbocycles. The maximum Gasteiger partial charge on any atom is 0.416 e. The van der Waals surface area contributed by atoms with E-state index in [0.717, 1.165) is 12.1 Å². The van der Waals surface area contributed by atoms with Gasteiger partial charge in [0.2, 0.25) is 0 Å². The van der Waals surface area contributed by atoms with Gasteiger partial charge in [-0.25, -0.2) is 14.8 Å². The molecule has 3 heterocycles. The molecule has 1 atom stereocenters. The van der Waals surface area contributed by atoms with Gasteiger partial charge in [0, 0.05) is 24.3 Å². The van der Waals surface area contributed by atoms with Crippen molar-refractivity contribution in [1.82, 2.24) is 9.97 Å². The molecule has 0 saturated carbocycles. The van der Waals surface area contributed by atoms with Crippen LogP contribution in [0.25, 0.3) is 11.3 Å². The van der Waals surface area contributed by atoms with Crippen LogP contribution in [0.3, 0.4) is 0 Å². The fraction of sp³-hybridized carbons (Fsp3) is 0.227. The molecule has 31 heavy (non-hydrogen) atoms. The highest BCUT2D eigenvalue weighted by Crippen LogP contribution is 2.34. The zero-order valence-corrected chi connectivity index (χ0v) is 16.6. The number of amides is 2. The summed E-state index contributed by atoms with van der Waals surface area (Å²) >= 11 is 0. The summed E-state index contributed by atoms with van der Waals surface area (Å²) in [5.74, 6) is 0.827. The van der Waals surface area contributed by atoms with Gasteiger partial charge in [0.25, 0.3) is 0 Å². The standard InChI is InChI=1S/C22H20F3N5O/c1-14-11-13-26-18-10-9-17(15-5-7-16(8-6-15)22(23,24)25)28-20(18)30(14)21(31)29-19-4-2-3-12-27-19/h2-10,12,14,26H,11,13H2,1H3,(H,27,29,31)/t14-/m1/s1. The second-order valence-corrected chi connectivity index (χ2v) is 7.22. The molecule has 0 spiro atoms. The minimum absolute atomic E-state index is 0.159. The Morgan fingerprint density at radius 3 is 2.58 bits per heavy atom. The molecule has 6 nitrogen and oxygen atoms in total. The number of hydrogen-bond acceptors (Lipinski definition) is 4. The summed E-state index contributed by atoms with van der Waals surface area (Å²) in [6.07, 6.45) is -2.13. The maximum absolute atomic E-state index is 13.1. The van der Waals surface area contributed by atoms with Gasteiger partial charge in [-0.15, -0.1) is 0 Å². The molecule has 1 aliphatic rings. The summed E-state index contributed by atoms with van der Waals surface area (Å²) in [4.78, 5) is 23.4. The Labute approximate surface area is 177 Å². The number of aromatic nitrogens is 2. The van der Waals surface area contributed by atoms with Crippen molar-refractivity contribution in [2.24, 2.45) is 0 Å². The highest BCUT2D eigenvalue weighted by atomic mass is 19.4. The zero-order chi connectivity index (χ0) is 22.0. The molecule has 4 rings (SSSR count). The number of pyridine rings is 2. The summed E-state index contributed by atoms with van der Waals surface area (Å²) < 4.78 is 38.6. The largest absolute Gasteiger partial charge is 0.416 e. The molecule has 0 unspecified atom stereocenters. The van der Waals surface area contributed by atoms with Gasteiger partial charge in [-0.2, -0.15) is 13.2 Å². The number of carbonyl (C=O) groups is 1. The van der Waals surface area contributed by atoms with Crippen molar-refractivity contribution >= 4 is 23.4 Å². The summed E-state index contributed by atoms with van der Waals surface area (Å²) in [6.45, 7) is 2.57. The summed E-state index contributed by atoms with van der Waals surface area (Å²) in [7, 11) is 0. The first-order valence-electron chi connectivity index (χ1n) is 9.77. The van der Waals surface area contributed by atoms with Gasteiger partial charge in [0.05, 0.1) is 16.9 Å². The Kier molecular flexibility index (Phi) is 5.50. The number of hydrogen-bond donors (Lipinski definition) is 2.